The minimum atomic E-state index is -0.808. The standard InChI is InChI=1S/C31H36N2O6S/c1-9-38-28-21(12-11-13-23(28)36-7)27-26(30(35)39-10-2)19(6)32-31-33(27)29(34)25(40-31)16-20-15-22(17(3)4)24(37-8)14-18(20)5/h11-17,27H,9-10H2,1-8H3/b25-16-/t27-/m0/s1. The first-order chi connectivity index (χ1) is 19.2. The number of nitrogens with zero attached hydrogens (tertiary/aromatic N) is 2. The Labute approximate surface area is 238 Å². The Morgan fingerprint density at radius 3 is 2.45 bits per heavy atom. The number of carbonyl (C=O) groups excluding carboxylic acids is 1. The molecule has 212 valence electrons. The first-order valence-electron chi connectivity index (χ1n) is 13.3. The zero-order chi connectivity index (χ0) is 29.1. The molecule has 2 aromatic carbocycles. The summed E-state index contributed by atoms with van der Waals surface area (Å²) in [4.78, 5) is 32.6. The first-order valence-corrected chi connectivity index (χ1v) is 14.2. The number of esters is 1. The van der Waals surface area contributed by atoms with Crippen LogP contribution >= 0.6 is 11.3 Å². The van der Waals surface area contributed by atoms with Gasteiger partial charge in [0.05, 0.1) is 43.2 Å². The van der Waals surface area contributed by atoms with Crippen LogP contribution in [0, 0.1) is 6.92 Å². The number of hydrogen-bond acceptors (Lipinski definition) is 8. The molecular formula is C31H36N2O6S. The van der Waals surface area contributed by atoms with Gasteiger partial charge >= 0.3 is 5.97 Å². The van der Waals surface area contributed by atoms with Crippen LogP contribution in [0.4, 0.5) is 0 Å². The molecule has 1 atom stereocenters. The van der Waals surface area contributed by atoms with E-state index in [1.807, 2.05) is 38.1 Å². The molecule has 0 unspecified atom stereocenters. The van der Waals surface area contributed by atoms with Gasteiger partial charge in [0.25, 0.3) is 5.56 Å². The van der Waals surface area contributed by atoms with Gasteiger partial charge < -0.3 is 18.9 Å². The van der Waals surface area contributed by atoms with Crippen molar-refractivity contribution < 1.29 is 23.7 Å². The molecule has 0 fully saturated rings. The Kier molecular flexibility index (Phi) is 8.83. The molecule has 8 nitrogen and oxygen atoms in total. The number of hydrogen-bond donors (Lipinski definition) is 0. The SMILES string of the molecule is CCOC(=O)C1=C(C)N=c2s/c(=C\c3cc(C(C)C)c(OC)cc3C)c(=O)n2[C@H]1c1cccc(OC)c1OCC. The number of para-hydroxylation sites is 1. The lowest BCUT2D eigenvalue weighted by Gasteiger charge is -2.26. The molecule has 0 N–H and O–H groups in total. The Morgan fingerprint density at radius 2 is 1.82 bits per heavy atom. The minimum absolute atomic E-state index is 0.193. The van der Waals surface area contributed by atoms with Crippen molar-refractivity contribution in [2.75, 3.05) is 27.4 Å². The van der Waals surface area contributed by atoms with E-state index in [4.69, 9.17) is 23.9 Å². The van der Waals surface area contributed by atoms with Crippen LogP contribution in [0.5, 0.6) is 17.2 Å². The number of carbonyl (C=O) groups is 1. The Hall–Kier alpha value is -3.85. The molecule has 1 aliphatic rings. The van der Waals surface area contributed by atoms with Crippen molar-refractivity contribution in [2.24, 2.45) is 4.99 Å². The summed E-state index contributed by atoms with van der Waals surface area (Å²) in [6.45, 7) is 12.2. The lowest BCUT2D eigenvalue weighted by molar-refractivity contribution is -0.139. The summed E-state index contributed by atoms with van der Waals surface area (Å²) in [6, 6.07) is 8.71. The number of aryl methyl sites for hydroxylation is 1. The molecule has 1 aliphatic heterocycles. The van der Waals surface area contributed by atoms with Crippen LogP contribution in [0.15, 0.2) is 51.4 Å². The number of allylic oxidation sites excluding steroid dienone is 1. The lowest BCUT2D eigenvalue weighted by Crippen LogP contribution is -2.40. The van der Waals surface area contributed by atoms with Crippen molar-refractivity contribution in [3.8, 4) is 17.2 Å². The fourth-order valence-electron chi connectivity index (χ4n) is 4.93. The van der Waals surface area contributed by atoms with Crippen molar-refractivity contribution in [3.63, 3.8) is 0 Å². The summed E-state index contributed by atoms with van der Waals surface area (Å²) in [5.74, 6) is 1.51. The highest BCUT2D eigenvalue weighted by molar-refractivity contribution is 7.07. The lowest BCUT2D eigenvalue weighted by atomic mass is 9.94. The molecule has 3 aromatic rings. The first kappa shape index (κ1) is 29.1. The van der Waals surface area contributed by atoms with E-state index in [2.05, 4.69) is 19.9 Å². The second-order valence-corrected chi connectivity index (χ2v) is 10.7. The second kappa shape index (κ2) is 12.1. The van der Waals surface area contributed by atoms with Gasteiger partial charge in [0.1, 0.15) is 11.8 Å². The summed E-state index contributed by atoms with van der Waals surface area (Å²) >= 11 is 1.29. The van der Waals surface area contributed by atoms with E-state index in [0.29, 0.717) is 38.7 Å². The quantitative estimate of drug-likeness (QED) is 0.352. The van der Waals surface area contributed by atoms with Crippen LogP contribution in [-0.2, 0) is 9.53 Å². The third kappa shape index (κ3) is 5.30. The van der Waals surface area contributed by atoms with Crippen LogP contribution in [0.25, 0.3) is 6.08 Å². The van der Waals surface area contributed by atoms with E-state index in [-0.39, 0.29) is 23.7 Å². The summed E-state index contributed by atoms with van der Waals surface area (Å²) < 4.78 is 24.7. The maximum atomic E-state index is 14.1. The van der Waals surface area contributed by atoms with Crippen LogP contribution in [0.2, 0.25) is 0 Å². The van der Waals surface area contributed by atoms with Crippen molar-refractivity contribution in [3.05, 3.63) is 83.5 Å². The van der Waals surface area contributed by atoms with Gasteiger partial charge in [-0.25, -0.2) is 9.79 Å². The predicted molar refractivity (Wildman–Crippen MR) is 156 cm³/mol. The highest BCUT2D eigenvalue weighted by atomic mass is 32.1. The van der Waals surface area contributed by atoms with Crippen LogP contribution in [0.1, 0.15) is 68.8 Å². The molecule has 0 saturated carbocycles. The maximum Gasteiger partial charge on any atom is 0.338 e. The molecule has 0 aliphatic carbocycles. The largest absolute Gasteiger partial charge is 0.496 e. The molecule has 0 spiro atoms. The van der Waals surface area contributed by atoms with E-state index in [1.165, 1.54) is 11.3 Å². The Balaban J connectivity index is 2.02. The van der Waals surface area contributed by atoms with E-state index in [1.54, 1.807) is 38.7 Å². The zero-order valence-electron chi connectivity index (χ0n) is 24.3. The summed E-state index contributed by atoms with van der Waals surface area (Å²) in [5.41, 5.74) is 4.11. The average molecular weight is 565 g/mol. The summed E-state index contributed by atoms with van der Waals surface area (Å²) in [5, 5.41) is 0. The highest BCUT2D eigenvalue weighted by Crippen LogP contribution is 2.40. The van der Waals surface area contributed by atoms with Gasteiger partial charge in [0.15, 0.2) is 16.3 Å². The van der Waals surface area contributed by atoms with Crippen LogP contribution in [-0.4, -0.2) is 38.0 Å². The molecule has 0 radical (unpaired) electrons. The van der Waals surface area contributed by atoms with E-state index in [0.717, 1.165) is 22.4 Å². The Morgan fingerprint density at radius 1 is 1.10 bits per heavy atom. The number of fused-ring (bicyclic) bond motifs is 1. The van der Waals surface area contributed by atoms with Gasteiger partial charge in [-0.15, -0.1) is 0 Å². The van der Waals surface area contributed by atoms with Crippen LogP contribution < -0.4 is 29.1 Å². The van der Waals surface area contributed by atoms with E-state index in [9.17, 15) is 9.59 Å². The van der Waals surface area contributed by atoms with Crippen molar-refractivity contribution >= 4 is 23.4 Å². The molecule has 0 amide bonds. The third-order valence-corrected chi connectivity index (χ3v) is 7.84. The molecule has 2 heterocycles. The van der Waals surface area contributed by atoms with Crippen LogP contribution in [0.3, 0.4) is 0 Å². The number of methoxy groups -OCH3 is 2. The van der Waals surface area contributed by atoms with Crippen molar-refractivity contribution in [2.45, 2.75) is 53.5 Å². The average Bonchev–Trinajstić information content (AvgIpc) is 3.23. The van der Waals surface area contributed by atoms with Gasteiger partial charge in [0.2, 0.25) is 0 Å². The maximum absolute atomic E-state index is 14.1. The number of ether oxygens (including phenoxy) is 4. The smallest absolute Gasteiger partial charge is 0.338 e. The monoisotopic (exact) mass is 564 g/mol. The predicted octanol–water partition coefficient (Wildman–Crippen LogP) is 4.65. The summed E-state index contributed by atoms with van der Waals surface area (Å²) in [6.07, 6.45) is 1.89. The highest BCUT2D eigenvalue weighted by Gasteiger charge is 2.36. The molecular weight excluding hydrogens is 528 g/mol. The van der Waals surface area contributed by atoms with Gasteiger partial charge in [-0.2, -0.15) is 0 Å². The molecule has 1 aromatic heterocycles. The van der Waals surface area contributed by atoms with Crippen molar-refractivity contribution in [1.82, 2.24) is 4.57 Å². The zero-order valence-corrected chi connectivity index (χ0v) is 25.1. The Bertz CT molecular complexity index is 1650. The minimum Gasteiger partial charge on any atom is -0.496 e. The van der Waals surface area contributed by atoms with Crippen molar-refractivity contribution in [1.29, 1.82) is 0 Å². The molecule has 40 heavy (non-hydrogen) atoms. The fraction of sp³-hybridized carbons (Fsp3) is 0.387. The second-order valence-electron chi connectivity index (χ2n) is 9.72. The van der Waals surface area contributed by atoms with Gasteiger partial charge in [-0.05, 0) is 74.6 Å². The van der Waals surface area contributed by atoms with Gasteiger partial charge in [-0.3, -0.25) is 9.36 Å². The number of thiazole rings is 1. The van der Waals surface area contributed by atoms with E-state index < -0.39 is 12.0 Å². The molecule has 0 saturated heterocycles. The van der Waals surface area contributed by atoms with E-state index >= 15 is 0 Å². The normalized spacial score (nSPS) is 15.1. The van der Waals surface area contributed by atoms with Gasteiger partial charge in [0, 0.05) is 5.56 Å². The molecule has 4 rings (SSSR count). The number of benzene rings is 2. The van der Waals surface area contributed by atoms with Gasteiger partial charge in [-0.1, -0.05) is 37.3 Å². The molecule has 9 heteroatoms. The topological polar surface area (TPSA) is 88.4 Å². The number of rotatable bonds is 9. The molecule has 0 bridgehead atoms. The number of aromatic nitrogens is 1. The third-order valence-electron chi connectivity index (χ3n) is 6.86. The fourth-order valence-corrected chi connectivity index (χ4v) is 5.97. The summed E-state index contributed by atoms with van der Waals surface area (Å²) in [7, 11) is 3.22.